The summed E-state index contributed by atoms with van der Waals surface area (Å²) < 4.78 is 0. The molecular weight excluding hydrogens is 226 g/mol. The molecule has 0 spiro atoms. The van der Waals surface area contributed by atoms with Gasteiger partial charge in [-0.05, 0) is 37.3 Å². The first-order valence-electron chi connectivity index (χ1n) is 6.44. The molecule has 2 aromatic rings. The molecule has 0 aliphatic heterocycles. The zero-order valence-corrected chi connectivity index (χ0v) is 10.7. The minimum atomic E-state index is -0.687. The monoisotopic (exact) mass is 243 g/mol. The Labute approximate surface area is 106 Å². The third-order valence-corrected chi connectivity index (χ3v) is 4.13. The Balaban J connectivity index is 2.31. The van der Waals surface area contributed by atoms with E-state index in [4.69, 9.17) is 0 Å². The number of rotatable bonds is 3. The molecule has 1 aromatic heterocycles. The van der Waals surface area contributed by atoms with Crippen LogP contribution in [0.3, 0.4) is 0 Å². The number of carboxylic acids is 1. The van der Waals surface area contributed by atoms with Crippen molar-refractivity contribution < 1.29 is 9.90 Å². The summed E-state index contributed by atoms with van der Waals surface area (Å²) in [5, 5.41) is 10.6. The van der Waals surface area contributed by atoms with Gasteiger partial charge in [0.05, 0.1) is 5.41 Å². The van der Waals surface area contributed by atoms with Crippen LogP contribution in [0.15, 0.2) is 18.2 Å². The predicted octanol–water partition coefficient (Wildman–Crippen LogP) is 3.15. The van der Waals surface area contributed by atoms with E-state index in [1.54, 1.807) is 0 Å². The number of hydrogen-bond acceptors (Lipinski definition) is 1. The molecule has 1 aromatic carbocycles. The Morgan fingerprint density at radius 3 is 2.72 bits per heavy atom. The van der Waals surface area contributed by atoms with Gasteiger partial charge in [0.15, 0.2) is 0 Å². The van der Waals surface area contributed by atoms with Crippen molar-refractivity contribution in [3.05, 3.63) is 35.0 Å². The summed E-state index contributed by atoms with van der Waals surface area (Å²) >= 11 is 0. The number of benzene rings is 1. The Morgan fingerprint density at radius 1 is 1.44 bits per heavy atom. The van der Waals surface area contributed by atoms with E-state index < -0.39 is 11.4 Å². The highest BCUT2D eigenvalue weighted by atomic mass is 16.4. The molecule has 0 saturated heterocycles. The average Bonchev–Trinajstić information content (AvgIpc) is 3.06. The maximum atomic E-state index is 11.5. The van der Waals surface area contributed by atoms with Crippen molar-refractivity contribution in [3.63, 3.8) is 0 Å². The number of aromatic nitrogens is 1. The first kappa shape index (κ1) is 11.3. The van der Waals surface area contributed by atoms with Crippen molar-refractivity contribution in [3.8, 4) is 0 Å². The van der Waals surface area contributed by atoms with Crippen molar-refractivity contribution in [1.29, 1.82) is 0 Å². The zero-order chi connectivity index (χ0) is 12.9. The lowest BCUT2D eigenvalue weighted by Crippen LogP contribution is -2.20. The molecule has 1 fully saturated rings. The fourth-order valence-electron chi connectivity index (χ4n) is 3.02. The van der Waals surface area contributed by atoms with Crippen molar-refractivity contribution >= 4 is 16.9 Å². The summed E-state index contributed by atoms with van der Waals surface area (Å²) in [5.41, 5.74) is 3.74. The fraction of sp³-hybridized carbons (Fsp3) is 0.400. The molecule has 3 rings (SSSR count). The number of aliphatic carboxylic acids is 1. The van der Waals surface area contributed by atoms with E-state index in [9.17, 15) is 9.90 Å². The second-order valence-electron chi connectivity index (χ2n) is 5.21. The molecule has 2 N–H and O–H groups in total. The molecule has 1 heterocycles. The first-order valence-corrected chi connectivity index (χ1v) is 6.44. The van der Waals surface area contributed by atoms with Gasteiger partial charge in [-0.25, -0.2) is 0 Å². The van der Waals surface area contributed by atoms with Gasteiger partial charge in [-0.2, -0.15) is 0 Å². The smallest absolute Gasteiger partial charge is 0.314 e. The number of para-hydroxylation sites is 1. The molecule has 1 saturated carbocycles. The van der Waals surface area contributed by atoms with Crippen LogP contribution in [0.5, 0.6) is 0 Å². The standard InChI is InChI=1S/C15H17NO2/c1-3-10-5-4-6-11-12(9(2)16-13(10)11)15(7-8-15)14(17)18/h4-6,16H,3,7-8H2,1-2H3,(H,17,18). The van der Waals surface area contributed by atoms with Crippen molar-refractivity contribution in [2.75, 3.05) is 0 Å². The first-order chi connectivity index (χ1) is 8.60. The van der Waals surface area contributed by atoms with Crippen LogP contribution in [0.4, 0.5) is 0 Å². The highest BCUT2D eigenvalue weighted by Gasteiger charge is 2.53. The molecule has 0 amide bonds. The van der Waals surface area contributed by atoms with E-state index in [1.807, 2.05) is 19.1 Å². The highest BCUT2D eigenvalue weighted by Crippen LogP contribution is 2.52. The van der Waals surface area contributed by atoms with Gasteiger partial charge < -0.3 is 10.1 Å². The third-order valence-electron chi connectivity index (χ3n) is 4.13. The summed E-state index contributed by atoms with van der Waals surface area (Å²) in [6, 6.07) is 6.16. The van der Waals surface area contributed by atoms with Crippen LogP contribution < -0.4 is 0 Å². The van der Waals surface area contributed by atoms with Crippen LogP contribution in [-0.2, 0) is 16.6 Å². The summed E-state index contributed by atoms with van der Waals surface area (Å²) in [6.45, 7) is 4.10. The third kappa shape index (κ3) is 1.33. The maximum absolute atomic E-state index is 11.5. The van der Waals surface area contributed by atoms with Crippen molar-refractivity contribution in [1.82, 2.24) is 4.98 Å². The van der Waals surface area contributed by atoms with Crippen LogP contribution >= 0.6 is 0 Å². The summed E-state index contributed by atoms with van der Waals surface area (Å²) in [7, 11) is 0. The summed E-state index contributed by atoms with van der Waals surface area (Å²) in [5.74, 6) is -0.687. The number of fused-ring (bicyclic) bond motifs is 1. The number of aryl methyl sites for hydroxylation is 2. The SMILES string of the molecule is CCc1cccc2c(C3(C(=O)O)CC3)c(C)[nH]c12. The van der Waals surface area contributed by atoms with E-state index in [0.717, 1.165) is 41.4 Å². The molecule has 0 radical (unpaired) electrons. The molecule has 3 heteroatoms. The Morgan fingerprint density at radius 2 is 2.17 bits per heavy atom. The van der Waals surface area contributed by atoms with E-state index in [1.165, 1.54) is 5.56 Å². The van der Waals surface area contributed by atoms with Gasteiger partial charge in [0.2, 0.25) is 0 Å². The summed E-state index contributed by atoms with van der Waals surface area (Å²) in [6.07, 6.45) is 2.47. The van der Waals surface area contributed by atoms with Gasteiger partial charge in [0.1, 0.15) is 0 Å². The lowest BCUT2D eigenvalue weighted by Gasteiger charge is -2.10. The average molecular weight is 243 g/mol. The number of nitrogens with one attached hydrogen (secondary N) is 1. The number of H-pyrrole nitrogens is 1. The van der Waals surface area contributed by atoms with E-state index in [0.29, 0.717) is 0 Å². The van der Waals surface area contributed by atoms with Crippen molar-refractivity contribution in [2.24, 2.45) is 0 Å². The van der Waals surface area contributed by atoms with Gasteiger partial charge >= 0.3 is 5.97 Å². The molecule has 1 aliphatic rings. The van der Waals surface area contributed by atoms with E-state index >= 15 is 0 Å². The van der Waals surface area contributed by atoms with Gasteiger partial charge in [0, 0.05) is 16.6 Å². The predicted molar refractivity (Wildman–Crippen MR) is 71.0 cm³/mol. The lowest BCUT2D eigenvalue weighted by atomic mass is 9.92. The fourth-order valence-corrected chi connectivity index (χ4v) is 3.02. The minimum Gasteiger partial charge on any atom is -0.481 e. The normalized spacial score (nSPS) is 17.0. The number of hydrogen-bond donors (Lipinski definition) is 2. The van der Waals surface area contributed by atoms with Crippen LogP contribution in [0.25, 0.3) is 10.9 Å². The van der Waals surface area contributed by atoms with E-state index in [2.05, 4.69) is 18.0 Å². The lowest BCUT2D eigenvalue weighted by molar-refractivity contribution is -0.140. The molecule has 1 aliphatic carbocycles. The van der Waals surface area contributed by atoms with Crippen LogP contribution in [-0.4, -0.2) is 16.1 Å². The maximum Gasteiger partial charge on any atom is 0.314 e. The second-order valence-corrected chi connectivity index (χ2v) is 5.21. The quantitative estimate of drug-likeness (QED) is 0.870. The molecule has 94 valence electrons. The highest BCUT2D eigenvalue weighted by molar-refractivity contribution is 5.96. The van der Waals surface area contributed by atoms with Gasteiger partial charge in [0.25, 0.3) is 0 Å². The van der Waals surface area contributed by atoms with Crippen LogP contribution in [0.1, 0.15) is 36.6 Å². The minimum absolute atomic E-state index is 0.630. The molecule has 0 atom stereocenters. The van der Waals surface area contributed by atoms with Gasteiger partial charge in [-0.15, -0.1) is 0 Å². The Bertz CT molecular complexity index is 635. The van der Waals surface area contributed by atoms with Crippen LogP contribution in [0.2, 0.25) is 0 Å². The second kappa shape index (κ2) is 3.61. The molecular formula is C15H17NO2. The van der Waals surface area contributed by atoms with Crippen LogP contribution in [0, 0.1) is 6.92 Å². The molecule has 0 bridgehead atoms. The summed E-state index contributed by atoms with van der Waals surface area (Å²) in [4.78, 5) is 14.9. The number of carbonyl (C=O) groups is 1. The Hall–Kier alpha value is -1.77. The molecule has 0 unspecified atom stereocenters. The molecule has 18 heavy (non-hydrogen) atoms. The zero-order valence-electron chi connectivity index (χ0n) is 10.7. The largest absolute Gasteiger partial charge is 0.481 e. The van der Waals surface area contributed by atoms with E-state index in [-0.39, 0.29) is 0 Å². The topological polar surface area (TPSA) is 53.1 Å². The van der Waals surface area contributed by atoms with Crippen molar-refractivity contribution in [2.45, 2.75) is 38.5 Å². The number of carboxylic acid groups (broad SMARTS) is 1. The molecule has 3 nitrogen and oxygen atoms in total. The van der Waals surface area contributed by atoms with Gasteiger partial charge in [-0.1, -0.05) is 25.1 Å². The number of aromatic amines is 1. The Kier molecular flexibility index (Phi) is 2.27. The van der Waals surface area contributed by atoms with Gasteiger partial charge in [-0.3, -0.25) is 4.79 Å².